The molecular formula is C17H20FNO2. The third-order valence-electron chi connectivity index (χ3n) is 2.96. The molecule has 2 rings (SSSR count). The molecule has 3 nitrogen and oxygen atoms in total. The van der Waals surface area contributed by atoms with Crippen LogP contribution in [0, 0.1) is 5.82 Å². The number of para-hydroxylation sites is 1. The monoisotopic (exact) mass is 289 g/mol. The molecule has 0 aliphatic heterocycles. The molecule has 0 aliphatic carbocycles. The summed E-state index contributed by atoms with van der Waals surface area (Å²) in [4.78, 5) is 0. The van der Waals surface area contributed by atoms with Crippen molar-refractivity contribution in [2.24, 2.45) is 0 Å². The number of hydrogen-bond acceptors (Lipinski definition) is 3. The predicted octanol–water partition coefficient (Wildman–Crippen LogP) is 4.23. The quantitative estimate of drug-likeness (QED) is 0.863. The summed E-state index contributed by atoms with van der Waals surface area (Å²) in [6.07, 6.45) is 0.0610. The van der Waals surface area contributed by atoms with E-state index in [0.717, 1.165) is 17.0 Å². The highest BCUT2D eigenvalue weighted by molar-refractivity contribution is 5.50. The normalized spacial score (nSPS) is 10.5. The van der Waals surface area contributed by atoms with E-state index < -0.39 is 0 Å². The van der Waals surface area contributed by atoms with E-state index in [1.165, 1.54) is 12.1 Å². The summed E-state index contributed by atoms with van der Waals surface area (Å²) in [5.74, 6) is 1.21. The Hall–Kier alpha value is -2.23. The maximum atomic E-state index is 12.9. The first-order valence-electron chi connectivity index (χ1n) is 6.92. The third-order valence-corrected chi connectivity index (χ3v) is 2.96. The van der Waals surface area contributed by atoms with Crippen LogP contribution in [0.25, 0.3) is 0 Å². The number of anilines is 1. The van der Waals surface area contributed by atoms with Gasteiger partial charge in [-0.25, -0.2) is 4.39 Å². The predicted molar refractivity (Wildman–Crippen MR) is 82.5 cm³/mol. The molecule has 2 aromatic carbocycles. The van der Waals surface area contributed by atoms with Gasteiger partial charge in [-0.05, 0) is 44.2 Å². The van der Waals surface area contributed by atoms with Gasteiger partial charge < -0.3 is 14.8 Å². The van der Waals surface area contributed by atoms with E-state index in [-0.39, 0.29) is 11.9 Å². The van der Waals surface area contributed by atoms with Gasteiger partial charge >= 0.3 is 0 Å². The Balaban J connectivity index is 2.16. The second kappa shape index (κ2) is 6.97. The molecule has 0 saturated heterocycles. The van der Waals surface area contributed by atoms with Crippen LogP contribution in [0.1, 0.15) is 19.4 Å². The highest BCUT2D eigenvalue weighted by atomic mass is 19.1. The maximum Gasteiger partial charge on any atom is 0.166 e. The fourth-order valence-electron chi connectivity index (χ4n) is 2.00. The second-order valence-electron chi connectivity index (χ2n) is 4.98. The summed E-state index contributed by atoms with van der Waals surface area (Å²) in [7, 11) is 1.62. The van der Waals surface area contributed by atoms with Crippen LogP contribution in [0.2, 0.25) is 0 Å². The zero-order valence-corrected chi connectivity index (χ0v) is 12.5. The number of nitrogens with one attached hydrogen (secondary N) is 1. The maximum absolute atomic E-state index is 12.9. The molecular weight excluding hydrogens is 269 g/mol. The third kappa shape index (κ3) is 4.12. The minimum Gasteiger partial charge on any atom is -0.493 e. The molecule has 21 heavy (non-hydrogen) atoms. The van der Waals surface area contributed by atoms with Crippen molar-refractivity contribution in [2.75, 3.05) is 12.4 Å². The largest absolute Gasteiger partial charge is 0.493 e. The topological polar surface area (TPSA) is 30.5 Å². The van der Waals surface area contributed by atoms with Crippen LogP contribution >= 0.6 is 0 Å². The molecule has 2 aromatic rings. The van der Waals surface area contributed by atoms with Gasteiger partial charge in [0.05, 0.1) is 13.2 Å². The first-order valence-corrected chi connectivity index (χ1v) is 6.92. The van der Waals surface area contributed by atoms with E-state index in [9.17, 15) is 4.39 Å². The molecule has 1 N–H and O–H groups in total. The Morgan fingerprint density at radius 1 is 1.10 bits per heavy atom. The summed E-state index contributed by atoms with van der Waals surface area (Å²) in [6, 6.07) is 12.1. The molecule has 0 amide bonds. The number of benzene rings is 2. The van der Waals surface area contributed by atoms with Crippen molar-refractivity contribution in [3.05, 3.63) is 53.8 Å². The molecule has 0 aliphatic rings. The lowest BCUT2D eigenvalue weighted by atomic mass is 10.1. The highest BCUT2D eigenvalue weighted by Crippen LogP contribution is 2.32. The zero-order valence-electron chi connectivity index (χ0n) is 12.5. The van der Waals surface area contributed by atoms with Gasteiger partial charge in [-0.2, -0.15) is 0 Å². The molecule has 0 atom stereocenters. The van der Waals surface area contributed by atoms with Gasteiger partial charge in [0.15, 0.2) is 11.5 Å². The average Bonchev–Trinajstić information content (AvgIpc) is 2.47. The Morgan fingerprint density at radius 2 is 1.81 bits per heavy atom. The van der Waals surface area contributed by atoms with E-state index >= 15 is 0 Å². The Kier molecular flexibility index (Phi) is 5.04. The average molecular weight is 289 g/mol. The molecule has 0 bridgehead atoms. The lowest BCUT2D eigenvalue weighted by Gasteiger charge is -2.18. The van der Waals surface area contributed by atoms with Crippen molar-refractivity contribution < 1.29 is 13.9 Å². The molecule has 4 heteroatoms. The fraction of sp³-hybridized carbons (Fsp3) is 0.294. The number of ether oxygens (including phenoxy) is 2. The van der Waals surface area contributed by atoms with Crippen molar-refractivity contribution >= 4 is 5.69 Å². The van der Waals surface area contributed by atoms with E-state index in [1.54, 1.807) is 19.2 Å². The van der Waals surface area contributed by atoms with Gasteiger partial charge in [-0.15, -0.1) is 0 Å². The van der Waals surface area contributed by atoms with Crippen LogP contribution in [0.5, 0.6) is 11.5 Å². The van der Waals surface area contributed by atoms with Crippen molar-refractivity contribution in [1.82, 2.24) is 0 Å². The molecule has 0 saturated carbocycles. The first kappa shape index (κ1) is 15.2. The van der Waals surface area contributed by atoms with E-state index in [1.807, 2.05) is 32.0 Å². The molecule has 0 unspecified atom stereocenters. The minimum absolute atomic E-state index is 0.0610. The molecule has 0 radical (unpaired) electrons. The van der Waals surface area contributed by atoms with Crippen molar-refractivity contribution in [1.29, 1.82) is 0 Å². The summed E-state index contributed by atoms with van der Waals surface area (Å²) >= 11 is 0. The number of methoxy groups -OCH3 is 1. The fourth-order valence-corrected chi connectivity index (χ4v) is 2.00. The van der Waals surface area contributed by atoms with Crippen molar-refractivity contribution in [3.63, 3.8) is 0 Å². The summed E-state index contributed by atoms with van der Waals surface area (Å²) in [5, 5.41) is 3.25. The second-order valence-corrected chi connectivity index (χ2v) is 4.98. The lowest BCUT2D eigenvalue weighted by Crippen LogP contribution is -2.10. The zero-order chi connectivity index (χ0) is 15.2. The van der Waals surface area contributed by atoms with E-state index in [2.05, 4.69) is 5.32 Å². The van der Waals surface area contributed by atoms with Gasteiger partial charge in [-0.3, -0.25) is 0 Å². The SMILES string of the molecule is COc1cccc(CNc2ccc(F)cc2)c1OC(C)C. The van der Waals surface area contributed by atoms with Crippen LogP contribution in [0.3, 0.4) is 0 Å². The Labute approximate surface area is 124 Å². The van der Waals surface area contributed by atoms with E-state index in [4.69, 9.17) is 9.47 Å². The first-order chi connectivity index (χ1) is 10.1. The highest BCUT2D eigenvalue weighted by Gasteiger charge is 2.12. The van der Waals surface area contributed by atoms with Crippen LogP contribution in [0.15, 0.2) is 42.5 Å². The van der Waals surface area contributed by atoms with Crippen molar-refractivity contribution in [3.8, 4) is 11.5 Å². The van der Waals surface area contributed by atoms with Gasteiger partial charge in [0.1, 0.15) is 5.82 Å². The number of rotatable bonds is 6. The van der Waals surface area contributed by atoms with Crippen LogP contribution < -0.4 is 14.8 Å². The number of halogens is 1. The van der Waals surface area contributed by atoms with Gasteiger partial charge in [-0.1, -0.05) is 12.1 Å². The Morgan fingerprint density at radius 3 is 2.43 bits per heavy atom. The molecule has 0 spiro atoms. The molecule has 112 valence electrons. The molecule has 0 fully saturated rings. The van der Waals surface area contributed by atoms with Gasteiger partial charge in [0.25, 0.3) is 0 Å². The standard InChI is InChI=1S/C17H20FNO2/c1-12(2)21-17-13(5-4-6-16(17)20-3)11-19-15-9-7-14(18)8-10-15/h4-10,12,19H,11H2,1-3H3. The molecule has 0 heterocycles. The van der Waals surface area contributed by atoms with Gasteiger partial charge in [0, 0.05) is 17.8 Å². The lowest BCUT2D eigenvalue weighted by molar-refractivity contribution is 0.228. The summed E-state index contributed by atoms with van der Waals surface area (Å²) in [5.41, 5.74) is 1.85. The van der Waals surface area contributed by atoms with Crippen LogP contribution in [-0.2, 0) is 6.54 Å². The van der Waals surface area contributed by atoms with Crippen LogP contribution in [0.4, 0.5) is 10.1 Å². The van der Waals surface area contributed by atoms with Crippen molar-refractivity contribution in [2.45, 2.75) is 26.5 Å². The molecule has 0 aromatic heterocycles. The summed E-state index contributed by atoms with van der Waals surface area (Å²) in [6.45, 7) is 4.53. The smallest absolute Gasteiger partial charge is 0.166 e. The minimum atomic E-state index is -0.245. The van der Waals surface area contributed by atoms with Gasteiger partial charge in [0.2, 0.25) is 0 Å². The Bertz CT molecular complexity index is 582. The summed E-state index contributed by atoms with van der Waals surface area (Å²) < 4.78 is 24.1. The van der Waals surface area contributed by atoms with Crippen LogP contribution in [-0.4, -0.2) is 13.2 Å². The van der Waals surface area contributed by atoms with E-state index in [0.29, 0.717) is 12.3 Å². The number of hydrogen-bond donors (Lipinski definition) is 1.